The summed E-state index contributed by atoms with van der Waals surface area (Å²) in [6.07, 6.45) is 5.63. The number of hydrogen-bond donors (Lipinski definition) is 2. The predicted octanol–water partition coefficient (Wildman–Crippen LogP) is 5.99. The third-order valence-corrected chi connectivity index (χ3v) is 6.23. The molecule has 5 nitrogen and oxygen atoms in total. The first-order valence-electron chi connectivity index (χ1n) is 9.89. The zero-order chi connectivity index (χ0) is 22.1. The normalized spacial score (nSPS) is 19.3. The number of rotatable bonds is 4. The highest BCUT2D eigenvalue weighted by molar-refractivity contribution is 7.15. The number of benzene rings is 1. The van der Waals surface area contributed by atoms with Crippen LogP contribution in [0.1, 0.15) is 41.9 Å². The van der Waals surface area contributed by atoms with E-state index in [1.165, 1.54) is 11.3 Å². The van der Waals surface area contributed by atoms with Gasteiger partial charge in [-0.25, -0.2) is 15.0 Å². The molecule has 1 aliphatic carbocycles. The summed E-state index contributed by atoms with van der Waals surface area (Å²) in [5.41, 5.74) is 0.261. The first kappa shape index (κ1) is 21.5. The van der Waals surface area contributed by atoms with Crippen molar-refractivity contribution >= 4 is 23.0 Å². The summed E-state index contributed by atoms with van der Waals surface area (Å²) in [5, 5.41) is 14.5. The van der Waals surface area contributed by atoms with E-state index >= 15 is 0 Å². The van der Waals surface area contributed by atoms with Gasteiger partial charge in [-0.1, -0.05) is 18.2 Å². The molecule has 1 unspecified atom stereocenters. The lowest BCUT2D eigenvalue weighted by Crippen LogP contribution is -2.21. The van der Waals surface area contributed by atoms with E-state index in [4.69, 9.17) is 0 Å². The monoisotopic (exact) mass is 446 g/mol. The minimum absolute atomic E-state index is 0.130. The Morgan fingerprint density at radius 1 is 1.16 bits per heavy atom. The molecule has 2 aromatic heterocycles. The zero-order valence-corrected chi connectivity index (χ0v) is 17.6. The first-order chi connectivity index (χ1) is 14.7. The molecule has 2 heterocycles. The van der Waals surface area contributed by atoms with Gasteiger partial charge in [-0.15, -0.1) is 11.3 Å². The van der Waals surface area contributed by atoms with E-state index in [9.17, 15) is 18.3 Å². The Morgan fingerprint density at radius 2 is 2.00 bits per heavy atom. The molecule has 1 aromatic carbocycles. The molecule has 1 aliphatic rings. The molecule has 9 heteroatoms. The lowest BCUT2D eigenvalue weighted by atomic mass is 9.99. The standard InChI is InChI=1S/C22H21F3N4OS/c1-14-10-15(17-13-27-19(31-17)21(30)7-4-2-3-5-8-21)12-16(11-14)28-20-26-9-6-18(29-20)22(23,24)25/h4,6-7,9-13,30H,2-3,5,8H2,1H3,(H,26,28,29). The summed E-state index contributed by atoms with van der Waals surface area (Å²) in [7, 11) is 0. The van der Waals surface area contributed by atoms with Crippen molar-refractivity contribution in [3.05, 3.63) is 65.1 Å². The van der Waals surface area contributed by atoms with Crippen molar-refractivity contribution in [2.75, 3.05) is 5.32 Å². The average molecular weight is 446 g/mol. The average Bonchev–Trinajstić information content (AvgIpc) is 3.11. The molecule has 31 heavy (non-hydrogen) atoms. The van der Waals surface area contributed by atoms with Crippen LogP contribution in [0.3, 0.4) is 0 Å². The molecule has 4 rings (SSSR count). The number of nitrogens with one attached hydrogen (secondary N) is 1. The molecule has 1 atom stereocenters. The highest BCUT2D eigenvalue weighted by Gasteiger charge is 2.33. The Kier molecular flexibility index (Phi) is 5.81. The van der Waals surface area contributed by atoms with E-state index in [1.807, 2.05) is 25.1 Å². The molecule has 3 aromatic rings. The summed E-state index contributed by atoms with van der Waals surface area (Å²) in [4.78, 5) is 12.8. The Bertz CT molecular complexity index is 1110. The van der Waals surface area contributed by atoms with Crippen LogP contribution in [-0.4, -0.2) is 20.1 Å². The van der Waals surface area contributed by atoms with Crippen molar-refractivity contribution in [3.8, 4) is 10.4 Å². The van der Waals surface area contributed by atoms with Crippen molar-refractivity contribution in [1.82, 2.24) is 15.0 Å². The van der Waals surface area contributed by atoms with Gasteiger partial charge in [0.2, 0.25) is 5.95 Å². The van der Waals surface area contributed by atoms with Gasteiger partial charge in [-0.05, 0) is 61.9 Å². The van der Waals surface area contributed by atoms with Crippen LogP contribution in [0.15, 0.2) is 48.8 Å². The van der Waals surface area contributed by atoms with E-state index in [0.29, 0.717) is 17.1 Å². The van der Waals surface area contributed by atoms with Gasteiger partial charge in [0.25, 0.3) is 0 Å². The maximum atomic E-state index is 12.9. The predicted molar refractivity (Wildman–Crippen MR) is 114 cm³/mol. The van der Waals surface area contributed by atoms with Crippen LogP contribution in [-0.2, 0) is 11.8 Å². The Hall–Kier alpha value is -2.78. The molecule has 0 saturated carbocycles. The van der Waals surface area contributed by atoms with Crippen LogP contribution in [0.5, 0.6) is 0 Å². The van der Waals surface area contributed by atoms with Gasteiger partial charge in [0, 0.05) is 18.1 Å². The fourth-order valence-corrected chi connectivity index (χ4v) is 4.51. The molecule has 2 N–H and O–H groups in total. The lowest BCUT2D eigenvalue weighted by molar-refractivity contribution is -0.141. The number of alkyl halides is 3. The highest BCUT2D eigenvalue weighted by atomic mass is 32.1. The van der Waals surface area contributed by atoms with Crippen LogP contribution in [0.4, 0.5) is 24.8 Å². The second kappa shape index (κ2) is 8.39. The van der Waals surface area contributed by atoms with E-state index < -0.39 is 17.5 Å². The number of thiazole rings is 1. The van der Waals surface area contributed by atoms with Crippen molar-refractivity contribution in [2.24, 2.45) is 0 Å². The lowest BCUT2D eigenvalue weighted by Gasteiger charge is -2.20. The van der Waals surface area contributed by atoms with E-state index in [1.54, 1.807) is 18.3 Å². The molecule has 162 valence electrons. The van der Waals surface area contributed by atoms with E-state index in [2.05, 4.69) is 20.3 Å². The second-order valence-electron chi connectivity index (χ2n) is 7.58. The number of anilines is 2. The number of hydrogen-bond acceptors (Lipinski definition) is 6. The summed E-state index contributed by atoms with van der Waals surface area (Å²) in [6, 6.07) is 6.40. The van der Waals surface area contributed by atoms with Crippen molar-refractivity contribution in [3.63, 3.8) is 0 Å². The maximum Gasteiger partial charge on any atom is 0.433 e. The number of allylic oxidation sites excluding steroid dienone is 1. The minimum atomic E-state index is -4.54. The fourth-order valence-electron chi connectivity index (χ4n) is 3.51. The molecule has 0 fully saturated rings. The van der Waals surface area contributed by atoms with E-state index in [-0.39, 0.29) is 5.95 Å². The quantitative estimate of drug-likeness (QED) is 0.482. The SMILES string of the molecule is Cc1cc(Nc2nccc(C(F)(F)F)n2)cc(-c2cnc(C3(O)C=CCCCC3)s2)c1. The third kappa shape index (κ3) is 4.94. The zero-order valence-electron chi connectivity index (χ0n) is 16.8. The fraction of sp³-hybridized carbons (Fsp3) is 0.318. The second-order valence-corrected chi connectivity index (χ2v) is 8.61. The van der Waals surface area contributed by atoms with Crippen LogP contribution < -0.4 is 5.32 Å². The maximum absolute atomic E-state index is 12.9. The van der Waals surface area contributed by atoms with Crippen LogP contribution in [0.25, 0.3) is 10.4 Å². The molecular weight excluding hydrogens is 425 g/mol. The molecule has 0 bridgehead atoms. The largest absolute Gasteiger partial charge is 0.433 e. The van der Waals surface area contributed by atoms with Gasteiger partial charge in [-0.2, -0.15) is 13.2 Å². The molecule has 0 aliphatic heterocycles. The summed E-state index contributed by atoms with van der Waals surface area (Å²) >= 11 is 1.41. The van der Waals surface area contributed by atoms with Gasteiger partial charge in [0.15, 0.2) is 0 Å². The summed E-state index contributed by atoms with van der Waals surface area (Å²) < 4.78 is 38.8. The van der Waals surface area contributed by atoms with Gasteiger partial charge >= 0.3 is 6.18 Å². The first-order valence-corrected chi connectivity index (χ1v) is 10.7. The van der Waals surface area contributed by atoms with Gasteiger partial charge < -0.3 is 10.4 Å². The number of halogens is 3. The topological polar surface area (TPSA) is 70.9 Å². The van der Waals surface area contributed by atoms with Crippen molar-refractivity contribution in [2.45, 2.75) is 44.4 Å². The van der Waals surface area contributed by atoms with Gasteiger partial charge in [0.05, 0.1) is 4.88 Å². The van der Waals surface area contributed by atoms with Crippen LogP contribution in [0.2, 0.25) is 0 Å². The highest BCUT2D eigenvalue weighted by Crippen LogP contribution is 2.38. The van der Waals surface area contributed by atoms with E-state index in [0.717, 1.165) is 47.5 Å². The smallest absolute Gasteiger partial charge is 0.379 e. The Morgan fingerprint density at radius 3 is 2.81 bits per heavy atom. The van der Waals surface area contributed by atoms with Crippen molar-refractivity contribution in [1.29, 1.82) is 0 Å². The number of nitrogens with zero attached hydrogens (tertiary/aromatic N) is 3. The molecular formula is C22H21F3N4OS. The number of aliphatic hydroxyl groups is 1. The molecule has 0 amide bonds. The summed E-state index contributed by atoms with van der Waals surface area (Å²) in [6.45, 7) is 1.89. The van der Waals surface area contributed by atoms with Crippen molar-refractivity contribution < 1.29 is 18.3 Å². The van der Waals surface area contributed by atoms with Crippen LogP contribution in [0, 0.1) is 6.92 Å². The molecule has 0 spiro atoms. The Balaban J connectivity index is 1.61. The third-order valence-electron chi connectivity index (χ3n) is 5.01. The molecule has 0 saturated heterocycles. The minimum Gasteiger partial charge on any atom is -0.379 e. The van der Waals surface area contributed by atoms with Gasteiger partial charge in [-0.3, -0.25) is 0 Å². The number of aromatic nitrogens is 3. The van der Waals surface area contributed by atoms with Crippen LogP contribution >= 0.6 is 11.3 Å². The number of aryl methyl sites for hydroxylation is 1. The Labute approximate surface area is 181 Å². The molecule has 0 radical (unpaired) electrons. The van der Waals surface area contributed by atoms with Gasteiger partial charge in [0.1, 0.15) is 16.3 Å². The summed E-state index contributed by atoms with van der Waals surface area (Å²) in [5.74, 6) is -0.130.